The topological polar surface area (TPSA) is 84.2 Å². The summed E-state index contributed by atoms with van der Waals surface area (Å²) in [6.45, 7) is 1.50. The zero-order valence-electron chi connectivity index (χ0n) is 15.1. The lowest BCUT2D eigenvalue weighted by molar-refractivity contribution is -0.137. The largest absolute Gasteiger partial charge is 0.481 e. The maximum Gasteiger partial charge on any atom is 0.303 e. The Kier molecular flexibility index (Phi) is 5.71. The Morgan fingerprint density at radius 1 is 1.15 bits per heavy atom. The molecule has 0 saturated heterocycles. The van der Waals surface area contributed by atoms with E-state index in [1.165, 1.54) is 18.2 Å². The van der Waals surface area contributed by atoms with Gasteiger partial charge in [0.25, 0.3) is 0 Å². The van der Waals surface area contributed by atoms with Crippen molar-refractivity contribution >= 4 is 17.6 Å². The number of amides is 1. The van der Waals surface area contributed by atoms with Crippen molar-refractivity contribution in [3.05, 3.63) is 41.2 Å². The molecule has 138 valence electrons. The summed E-state index contributed by atoms with van der Waals surface area (Å²) >= 11 is 0. The minimum Gasteiger partial charge on any atom is -0.481 e. The number of aryl methyl sites for hydroxylation is 1. The van der Waals surface area contributed by atoms with Gasteiger partial charge in [-0.05, 0) is 68.4 Å². The number of aromatic nitrogens is 2. The lowest BCUT2D eigenvalue weighted by Gasteiger charge is -2.07. The van der Waals surface area contributed by atoms with E-state index in [-0.39, 0.29) is 12.3 Å². The van der Waals surface area contributed by atoms with Crippen molar-refractivity contribution in [1.82, 2.24) is 9.78 Å². The van der Waals surface area contributed by atoms with E-state index in [1.807, 2.05) is 28.9 Å². The monoisotopic (exact) mass is 355 g/mol. The van der Waals surface area contributed by atoms with Crippen molar-refractivity contribution in [3.63, 3.8) is 0 Å². The fraction of sp³-hybridized carbons (Fsp3) is 0.450. The van der Waals surface area contributed by atoms with Crippen LogP contribution in [0.15, 0.2) is 24.3 Å². The van der Waals surface area contributed by atoms with Crippen LogP contribution < -0.4 is 5.32 Å². The van der Waals surface area contributed by atoms with Crippen LogP contribution in [-0.4, -0.2) is 26.8 Å². The van der Waals surface area contributed by atoms with E-state index in [9.17, 15) is 9.59 Å². The van der Waals surface area contributed by atoms with Crippen LogP contribution in [-0.2, 0) is 28.9 Å². The molecule has 1 aromatic heterocycles. The number of carbonyl (C=O) groups is 2. The molecule has 6 nitrogen and oxygen atoms in total. The summed E-state index contributed by atoms with van der Waals surface area (Å²) in [6.07, 6.45) is 7.02. The van der Waals surface area contributed by atoms with Crippen molar-refractivity contribution < 1.29 is 14.7 Å². The number of fused-ring (bicyclic) bond motifs is 1. The van der Waals surface area contributed by atoms with Gasteiger partial charge in [-0.1, -0.05) is 6.42 Å². The first-order chi connectivity index (χ1) is 12.5. The van der Waals surface area contributed by atoms with Gasteiger partial charge in [-0.25, -0.2) is 4.68 Å². The van der Waals surface area contributed by atoms with Gasteiger partial charge in [0.05, 0.1) is 11.4 Å². The SMILES string of the molecule is CC(=O)Nc1ccc(-n2nc(CCCCCC(=O)O)c3c2CCC3)cc1. The highest BCUT2D eigenvalue weighted by Crippen LogP contribution is 2.29. The van der Waals surface area contributed by atoms with E-state index in [4.69, 9.17) is 10.2 Å². The molecule has 2 aromatic rings. The third kappa shape index (κ3) is 4.31. The molecule has 1 aliphatic carbocycles. The van der Waals surface area contributed by atoms with Crippen LogP contribution in [0.5, 0.6) is 0 Å². The quantitative estimate of drug-likeness (QED) is 0.710. The average Bonchev–Trinajstić information content (AvgIpc) is 3.18. The van der Waals surface area contributed by atoms with E-state index < -0.39 is 5.97 Å². The molecule has 0 radical (unpaired) electrons. The van der Waals surface area contributed by atoms with Gasteiger partial charge < -0.3 is 10.4 Å². The van der Waals surface area contributed by atoms with E-state index in [0.717, 1.165) is 62.0 Å². The predicted molar refractivity (Wildman–Crippen MR) is 99.7 cm³/mol. The van der Waals surface area contributed by atoms with Crippen LogP contribution in [0.4, 0.5) is 5.69 Å². The molecule has 0 spiro atoms. The molecule has 26 heavy (non-hydrogen) atoms. The Bertz CT molecular complexity index is 793. The third-order valence-electron chi connectivity index (χ3n) is 4.75. The van der Waals surface area contributed by atoms with Crippen molar-refractivity contribution in [2.24, 2.45) is 0 Å². The van der Waals surface area contributed by atoms with Crippen molar-refractivity contribution in [3.8, 4) is 5.69 Å². The number of rotatable bonds is 8. The fourth-order valence-electron chi connectivity index (χ4n) is 3.56. The van der Waals surface area contributed by atoms with Gasteiger partial charge in [0.1, 0.15) is 0 Å². The van der Waals surface area contributed by atoms with Crippen LogP contribution in [0.3, 0.4) is 0 Å². The minimum absolute atomic E-state index is 0.0806. The van der Waals surface area contributed by atoms with Gasteiger partial charge in [0.15, 0.2) is 0 Å². The summed E-state index contributed by atoms with van der Waals surface area (Å²) < 4.78 is 2.03. The van der Waals surface area contributed by atoms with Gasteiger partial charge >= 0.3 is 5.97 Å². The molecule has 0 unspecified atom stereocenters. The van der Waals surface area contributed by atoms with Crippen molar-refractivity contribution in [2.75, 3.05) is 5.32 Å². The Morgan fingerprint density at radius 3 is 2.62 bits per heavy atom. The average molecular weight is 355 g/mol. The number of carboxylic acids is 1. The van der Waals surface area contributed by atoms with Crippen LogP contribution in [0.25, 0.3) is 5.69 Å². The van der Waals surface area contributed by atoms with Gasteiger partial charge in [-0.15, -0.1) is 0 Å². The number of hydrogen-bond acceptors (Lipinski definition) is 3. The molecule has 0 aliphatic heterocycles. The second-order valence-corrected chi connectivity index (χ2v) is 6.82. The van der Waals surface area contributed by atoms with Crippen molar-refractivity contribution in [1.29, 1.82) is 0 Å². The van der Waals surface area contributed by atoms with E-state index in [1.54, 1.807) is 0 Å². The summed E-state index contributed by atoms with van der Waals surface area (Å²) in [5, 5.41) is 16.3. The normalized spacial score (nSPS) is 12.8. The molecule has 0 atom stereocenters. The summed E-state index contributed by atoms with van der Waals surface area (Å²) in [7, 11) is 0. The number of carboxylic acid groups (broad SMARTS) is 1. The van der Waals surface area contributed by atoms with Crippen LogP contribution in [0, 0.1) is 0 Å². The molecule has 0 fully saturated rings. The first-order valence-corrected chi connectivity index (χ1v) is 9.24. The Balaban J connectivity index is 1.70. The first kappa shape index (κ1) is 18.2. The Labute approximate surface area is 153 Å². The third-order valence-corrected chi connectivity index (χ3v) is 4.75. The second kappa shape index (κ2) is 8.17. The van der Waals surface area contributed by atoms with Crippen LogP contribution in [0.1, 0.15) is 56.0 Å². The summed E-state index contributed by atoms with van der Waals surface area (Å²) in [6, 6.07) is 7.75. The summed E-state index contributed by atoms with van der Waals surface area (Å²) in [4.78, 5) is 21.7. The van der Waals surface area contributed by atoms with Gasteiger partial charge in [0.2, 0.25) is 5.91 Å². The zero-order chi connectivity index (χ0) is 18.5. The maximum absolute atomic E-state index is 11.1. The number of unbranched alkanes of at least 4 members (excludes halogenated alkanes) is 2. The molecule has 1 amide bonds. The van der Waals surface area contributed by atoms with E-state index in [2.05, 4.69) is 5.32 Å². The molecule has 2 N–H and O–H groups in total. The van der Waals surface area contributed by atoms with Gasteiger partial charge in [-0.3, -0.25) is 9.59 Å². The van der Waals surface area contributed by atoms with Crippen LogP contribution in [0.2, 0.25) is 0 Å². The molecule has 1 heterocycles. The summed E-state index contributed by atoms with van der Waals surface area (Å²) in [5.41, 5.74) is 5.60. The lowest BCUT2D eigenvalue weighted by Crippen LogP contribution is -2.06. The highest BCUT2D eigenvalue weighted by Gasteiger charge is 2.22. The molecule has 3 rings (SSSR count). The fourth-order valence-corrected chi connectivity index (χ4v) is 3.56. The number of anilines is 1. The van der Waals surface area contributed by atoms with Crippen LogP contribution >= 0.6 is 0 Å². The number of aliphatic carboxylic acids is 1. The molecule has 1 aliphatic rings. The lowest BCUT2D eigenvalue weighted by atomic mass is 10.1. The Hall–Kier alpha value is -2.63. The second-order valence-electron chi connectivity index (χ2n) is 6.82. The number of carbonyl (C=O) groups excluding carboxylic acids is 1. The first-order valence-electron chi connectivity index (χ1n) is 9.24. The van der Waals surface area contributed by atoms with Gasteiger partial charge in [0, 0.05) is 24.7 Å². The number of benzene rings is 1. The zero-order valence-corrected chi connectivity index (χ0v) is 15.1. The molecular weight excluding hydrogens is 330 g/mol. The number of nitrogens with one attached hydrogen (secondary N) is 1. The highest BCUT2D eigenvalue weighted by molar-refractivity contribution is 5.88. The smallest absolute Gasteiger partial charge is 0.303 e. The number of nitrogens with zero attached hydrogens (tertiary/aromatic N) is 2. The molecular formula is C20H25N3O3. The highest BCUT2D eigenvalue weighted by atomic mass is 16.4. The van der Waals surface area contributed by atoms with Gasteiger partial charge in [-0.2, -0.15) is 5.10 Å². The standard InChI is InChI=1S/C20H25N3O3/c1-14(24)21-15-10-12-16(13-11-15)23-19-8-5-6-17(19)18(22-23)7-3-2-4-9-20(25)26/h10-13H,2-9H2,1H3,(H,21,24)(H,25,26). The maximum atomic E-state index is 11.1. The summed E-state index contributed by atoms with van der Waals surface area (Å²) in [5.74, 6) is -0.805. The van der Waals surface area contributed by atoms with Crippen molar-refractivity contribution in [2.45, 2.75) is 58.3 Å². The molecule has 1 aromatic carbocycles. The predicted octanol–water partition coefficient (Wildman–Crippen LogP) is 3.51. The number of hydrogen-bond donors (Lipinski definition) is 2. The molecule has 0 saturated carbocycles. The molecule has 0 bridgehead atoms. The van der Waals surface area contributed by atoms with E-state index >= 15 is 0 Å². The Morgan fingerprint density at radius 2 is 1.92 bits per heavy atom. The molecule has 6 heteroatoms. The minimum atomic E-state index is -0.724. The van der Waals surface area contributed by atoms with E-state index in [0.29, 0.717) is 0 Å².